The molecule has 1 aliphatic rings. The molecule has 2 rings (SSSR count). The van der Waals surface area contributed by atoms with Gasteiger partial charge in [0.25, 0.3) is 0 Å². The molecule has 0 unspecified atom stereocenters. The zero-order valence-electron chi connectivity index (χ0n) is 15.1. The fourth-order valence-corrected chi connectivity index (χ4v) is 3.38. The van der Waals surface area contributed by atoms with Gasteiger partial charge >= 0.3 is 5.97 Å². The highest BCUT2D eigenvalue weighted by Crippen LogP contribution is 2.23. The van der Waals surface area contributed by atoms with Crippen LogP contribution in [0.1, 0.15) is 63.0 Å². The minimum absolute atomic E-state index is 0.0500. The average Bonchev–Trinajstić information content (AvgIpc) is 2.94. The minimum Gasteiger partial charge on any atom is -0.481 e. The Morgan fingerprint density at radius 2 is 2.16 bits per heavy atom. The van der Waals surface area contributed by atoms with Crippen LogP contribution in [0, 0.1) is 12.8 Å². The predicted molar refractivity (Wildman–Crippen MR) is 102 cm³/mol. The number of carboxylic acid groups (broad SMARTS) is 1. The molecule has 0 bridgehead atoms. The van der Waals surface area contributed by atoms with Gasteiger partial charge in [-0.1, -0.05) is 19.8 Å². The van der Waals surface area contributed by atoms with Gasteiger partial charge in [-0.2, -0.15) is 5.10 Å². The number of nitrogens with one attached hydrogen (secondary N) is 2. The molecule has 3 N–H and O–H groups in total. The van der Waals surface area contributed by atoms with Gasteiger partial charge < -0.3 is 14.8 Å². The van der Waals surface area contributed by atoms with E-state index in [2.05, 4.69) is 22.8 Å². The summed E-state index contributed by atoms with van der Waals surface area (Å²) in [5.74, 6) is 1.16. The van der Waals surface area contributed by atoms with E-state index in [4.69, 9.17) is 21.7 Å². The number of aliphatic carboxylic acids is 1. The van der Waals surface area contributed by atoms with Crippen LogP contribution >= 0.6 is 12.2 Å². The van der Waals surface area contributed by atoms with Crippen molar-refractivity contribution in [3.05, 3.63) is 23.2 Å². The van der Waals surface area contributed by atoms with Gasteiger partial charge in [0, 0.05) is 18.0 Å². The van der Waals surface area contributed by atoms with Crippen molar-refractivity contribution in [3.8, 4) is 0 Å². The van der Waals surface area contributed by atoms with Gasteiger partial charge in [-0.3, -0.25) is 10.2 Å². The molecule has 6 nitrogen and oxygen atoms in total. The van der Waals surface area contributed by atoms with E-state index in [1.54, 1.807) is 0 Å². The van der Waals surface area contributed by atoms with E-state index in [1.165, 1.54) is 19.3 Å². The van der Waals surface area contributed by atoms with Gasteiger partial charge in [-0.15, -0.1) is 0 Å². The van der Waals surface area contributed by atoms with Gasteiger partial charge in [0.05, 0.1) is 12.1 Å². The van der Waals surface area contributed by atoms with E-state index < -0.39 is 5.97 Å². The second-order valence-electron chi connectivity index (χ2n) is 6.73. The monoisotopic (exact) mass is 365 g/mol. The maximum absolute atomic E-state index is 10.7. The Hall–Kier alpha value is -1.89. The second-order valence-corrected chi connectivity index (χ2v) is 7.14. The van der Waals surface area contributed by atoms with Crippen LogP contribution in [-0.2, 0) is 11.2 Å². The predicted octanol–water partition coefficient (Wildman–Crippen LogP) is 3.37. The molecule has 7 heteroatoms. The molecule has 1 heterocycles. The van der Waals surface area contributed by atoms with Crippen molar-refractivity contribution in [2.75, 3.05) is 0 Å². The molecule has 0 aliphatic heterocycles. The molecule has 138 valence electrons. The van der Waals surface area contributed by atoms with Gasteiger partial charge in [0.1, 0.15) is 11.5 Å². The number of aryl methyl sites for hydroxylation is 2. The smallest absolute Gasteiger partial charge is 0.303 e. The Morgan fingerprint density at radius 1 is 1.44 bits per heavy atom. The molecule has 0 amide bonds. The summed E-state index contributed by atoms with van der Waals surface area (Å²) in [4.78, 5) is 10.7. The third-order valence-electron chi connectivity index (χ3n) is 4.70. The van der Waals surface area contributed by atoms with Crippen LogP contribution in [0.15, 0.2) is 15.6 Å². The van der Waals surface area contributed by atoms with E-state index in [1.807, 2.05) is 19.9 Å². The van der Waals surface area contributed by atoms with Crippen LogP contribution in [0.5, 0.6) is 0 Å². The standard InChI is InChI=1S/C18H27N3O3S/c1-11-6-4-5-7-16(11)19-18(25)21-20-12(2)15-10-14(24-13(15)3)8-9-17(22)23/h10-11,16H,4-9H2,1-3H3,(H,22,23)(H2,19,21,25)/b20-12-/t11-,16+/m1/s1. The lowest BCUT2D eigenvalue weighted by Crippen LogP contribution is -2.44. The summed E-state index contributed by atoms with van der Waals surface area (Å²) in [6, 6.07) is 2.25. The van der Waals surface area contributed by atoms with E-state index in [0.29, 0.717) is 29.3 Å². The summed E-state index contributed by atoms with van der Waals surface area (Å²) >= 11 is 5.35. The molecule has 1 fully saturated rings. The molecule has 1 aromatic heterocycles. The van der Waals surface area contributed by atoms with E-state index in [9.17, 15) is 4.79 Å². The molecule has 2 atom stereocenters. The van der Waals surface area contributed by atoms with Crippen LogP contribution in [0.4, 0.5) is 0 Å². The van der Waals surface area contributed by atoms with Crippen molar-refractivity contribution in [1.29, 1.82) is 0 Å². The molecular formula is C18H27N3O3S. The Labute approximate surface area is 154 Å². The molecule has 1 aromatic rings. The normalized spacial score (nSPS) is 21.0. The topological polar surface area (TPSA) is 86.9 Å². The number of thiocarbonyl (C=S) groups is 1. The number of carboxylic acids is 1. The summed E-state index contributed by atoms with van der Waals surface area (Å²) in [6.07, 6.45) is 5.32. The van der Waals surface area contributed by atoms with Crippen LogP contribution in [0.25, 0.3) is 0 Å². The first kappa shape index (κ1) is 19.4. The zero-order valence-corrected chi connectivity index (χ0v) is 15.9. The largest absolute Gasteiger partial charge is 0.481 e. The summed E-state index contributed by atoms with van der Waals surface area (Å²) in [5, 5.41) is 17.0. The Bertz CT molecular complexity index is 654. The number of furan rings is 1. The minimum atomic E-state index is -0.837. The number of carbonyl (C=O) groups is 1. The van der Waals surface area contributed by atoms with Gasteiger partial charge in [0.15, 0.2) is 5.11 Å². The number of hydrazone groups is 1. The molecule has 0 saturated heterocycles. The van der Waals surface area contributed by atoms with Crippen molar-refractivity contribution in [1.82, 2.24) is 10.7 Å². The fraction of sp³-hybridized carbons (Fsp3) is 0.611. The van der Waals surface area contributed by atoms with Crippen LogP contribution in [-0.4, -0.2) is 27.9 Å². The number of nitrogens with zero attached hydrogens (tertiary/aromatic N) is 1. The molecule has 0 radical (unpaired) electrons. The highest BCUT2D eigenvalue weighted by Gasteiger charge is 2.21. The SMILES string of the molecule is C/C(=N/NC(=S)N[C@H]1CCCC[C@H]1C)c1cc(CCC(=O)O)oc1C. The Kier molecular flexibility index (Phi) is 6.99. The van der Waals surface area contributed by atoms with Gasteiger partial charge in [-0.25, -0.2) is 0 Å². The summed E-state index contributed by atoms with van der Waals surface area (Å²) in [6.45, 7) is 5.97. The van der Waals surface area contributed by atoms with E-state index in [0.717, 1.165) is 23.5 Å². The Balaban J connectivity index is 1.91. The van der Waals surface area contributed by atoms with Gasteiger partial charge in [0.2, 0.25) is 0 Å². The third kappa shape index (κ3) is 5.85. The highest BCUT2D eigenvalue weighted by molar-refractivity contribution is 7.80. The lowest BCUT2D eigenvalue weighted by Gasteiger charge is -2.30. The highest BCUT2D eigenvalue weighted by atomic mass is 32.1. The number of hydrogen-bond donors (Lipinski definition) is 3. The van der Waals surface area contributed by atoms with Crippen molar-refractivity contribution in [3.63, 3.8) is 0 Å². The van der Waals surface area contributed by atoms with E-state index >= 15 is 0 Å². The third-order valence-corrected chi connectivity index (χ3v) is 4.91. The van der Waals surface area contributed by atoms with Gasteiger partial charge in [-0.05, 0) is 50.9 Å². The molecule has 0 aromatic carbocycles. The van der Waals surface area contributed by atoms with Crippen LogP contribution in [0.2, 0.25) is 0 Å². The first-order valence-electron chi connectivity index (χ1n) is 8.79. The summed E-state index contributed by atoms with van der Waals surface area (Å²) in [5.41, 5.74) is 4.52. The quantitative estimate of drug-likeness (QED) is 0.407. The fourth-order valence-electron chi connectivity index (χ4n) is 3.18. The van der Waals surface area contributed by atoms with Crippen molar-refractivity contribution < 1.29 is 14.3 Å². The summed E-state index contributed by atoms with van der Waals surface area (Å²) < 4.78 is 5.61. The maximum Gasteiger partial charge on any atom is 0.303 e. The summed E-state index contributed by atoms with van der Waals surface area (Å²) in [7, 11) is 0. The van der Waals surface area contributed by atoms with Crippen molar-refractivity contribution in [2.45, 2.75) is 65.3 Å². The molecule has 1 aliphatic carbocycles. The number of hydrogen-bond acceptors (Lipinski definition) is 4. The molecule has 1 saturated carbocycles. The lowest BCUT2D eigenvalue weighted by atomic mass is 9.86. The Morgan fingerprint density at radius 3 is 2.84 bits per heavy atom. The lowest BCUT2D eigenvalue weighted by molar-refractivity contribution is -0.137. The van der Waals surface area contributed by atoms with Crippen molar-refractivity contribution >= 4 is 29.0 Å². The molecule has 25 heavy (non-hydrogen) atoms. The maximum atomic E-state index is 10.7. The number of rotatable bonds is 6. The first-order valence-corrected chi connectivity index (χ1v) is 9.20. The molecular weight excluding hydrogens is 338 g/mol. The van der Waals surface area contributed by atoms with Crippen LogP contribution < -0.4 is 10.7 Å². The zero-order chi connectivity index (χ0) is 18.4. The molecule has 0 spiro atoms. The van der Waals surface area contributed by atoms with E-state index in [-0.39, 0.29) is 6.42 Å². The average molecular weight is 365 g/mol. The van der Waals surface area contributed by atoms with Crippen LogP contribution in [0.3, 0.4) is 0 Å². The first-order chi connectivity index (χ1) is 11.9. The second kappa shape index (κ2) is 8.99. The van der Waals surface area contributed by atoms with Crippen molar-refractivity contribution in [2.24, 2.45) is 11.0 Å².